The first-order valence-corrected chi connectivity index (χ1v) is 4.98. The van der Waals surface area contributed by atoms with Crippen LogP contribution in [0.4, 0.5) is 26.3 Å². The summed E-state index contributed by atoms with van der Waals surface area (Å²) in [6, 6.07) is 0. The van der Waals surface area contributed by atoms with Gasteiger partial charge in [-0.3, -0.25) is 0 Å². The first kappa shape index (κ1) is 15.1. The molecule has 0 bridgehead atoms. The zero-order chi connectivity index (χ0) is 12.0. The molecule has 0 aromatic carbocycles. The topological polar surface area (TPSA) is 0 Å². The average molecular weight is 393 g/mol. The summed E-state index contributed by atoms with van der Waals surface area (Å²) in [5.41, 5.74) is 0. The zero-order valence-corrected chi connectivity index (χ0v) is 10.5. The average Bonchev–Trinajstić information content (AvgIpc) is 1.81. The summed E-state index contributed by atoms with van der Waals surface area (Å²) in [5.74, 6) is 0. The van der Waals surface area contributed by atoms with Gasteiger partial charge in [0.1, 0.15) is 0 Å². The Labute approximate surface area is 101 Å². The van der Waals surface area contributed by atoms with Gasteiger partial charge in [0.15, 0.2) is 0 Å². The van der Waals surface area contributed by atoms with E-state index < -0.39 is 19.9 Å². The Morgan fingerprint density at radius 1 is 0.786 bits per heavy atom. The lowest BCUT2D eigenvalue weighted by Crippen LogP contribution is -2.56. The van der Waals surface area contributed by atoms with Gasteiger partial charge in [0.25, 0.3) is 4.58 Å². The number of hydrogen-bond acceptors (Lipinski definition) is 0. The van der Waals surface area contributed by atoms with Gasteiger partial charge in [-0.05, 0) is 43.5 Å². The molecule has 0 fully saturated rings. The third kappa shape index (κ3) is 2.44. The van der Waals surface area contributed by atoms with E-state index in [0.29, 0.717) is 0 Å². The summed E-state index contributed by atoms with van der Waals surface area (Å²) in [6.45, 7) is 0. The van der Waals surface area contributed by atoms with Gasteiger partial charge in [-0.15, -0.1) is 0 Å². The Bertz CT molecular complexity index is 195. The highest BCUT2D eigenvalue weighted by Crippen LogP contribution is 2.59. The van der Waals surface area contributed by atoms with Crippen LogP contribution in [0, 0.1) is 0 Å². The highest BCUT2D eigenvalue weighted by Gasteiger charge is 2.75. The molecular formula is C4Br2Cl2F6. The molecule has 2 atom stereocenters. The number of rotatable bonds is 3. The van der Waals surface area contributed by atoms with Crippen molar-refractivity contribution in [1.29, 1.82) is 0 Å². The second-order valence-corrected chi connectivity index (χ2v) is 5.23. The van der Waals surface area contributed by atoms with Crippen molar-refractivity contribution in [2.24, 2.45) is 0 Å². The highest BCUT2D eigenvalue weighted by atomic mass is 79.9. The lowest BCUT2D eigenvalue weighted by Gasteiger charge is -2.34. The maximum Gasteiger partial charge on any atom is 0.373 e. The van der Waals surface area contributed by atoms with Crippen molar-refractivity contribution in [3.63, 3.8) is 0 Å². The van der Waals surface area contributed by atoms with E-state index in [1.165, 1.54) is 31.9 Å². The van der Waals surface area contributed by atoms with Gasteiger partial charge in [-0.1, -0.05) is 11.6 Å². The van der Waals surface area contributed by atoms with Crippen molar-refractivity contribution < 1.29 is 26.3 Å². The summed E-state index contributed by atoms with van der Waals surface area (Å²) >= 11 is 11.1. The van der Waals surface area contributed by atoms with E-state index in [1.807, 2.05) is 0 Å². The number of hydrogen-bond donors (Lipinski definition) is 0. The fourth-order valence-electron chi connectivity index (χ4n) is 0.356. The summed E-state index contributed by atoms with van der Waals surface area (Å²) in [5, 5.41) is -9.85. The molecule has 86 valence electrons. The summed E-state index contributed by atoms with van der Waals surface area (Å²) in [6.07, 6.45) is 0. The molecule has 10 heteroatoms. The van der Waals surface area contributed by atoms with Crippen molar-refractivity contribution in [3.8, 4) is 0 Å². The minimum Gasteiger partial charge on any atom is -0.218 e. The predicted octanol–water partition coefficient (Wildman–Crippen LogP) is 4.77. The van der Waals surface area contributed by atoms with Crippen LogP contribution in [0.15, 0.2) is 0 Å². The van der Waals surface area contributed by atoms with Crippen LogP contribution < -0.4 is 0 Å². The van der Waals surface area contributed by atoms with Crippen molar-refractivity contribution in [1.82, 2.24) is 0 Å². The molecule has 0 nitrogen and oxygen atoms in total. The van der Waals surface area contributed by atoms with Crippen LogP contribution in [0.2, 0.25) is 0 Å². The predicted molar refractivity (Wildman–Crippen MR) is 47.1 cm³/mol. The monoisotopic (exact) mass is 390 g/mol. The van der Waals surface area contributed by atoms with E-state index in [0.717, 1.165) is 0 Å². The summed E-state index contributed by atoms with van der Waals surface area (Å²) in [7, 11) is 0. The Hall–Kier alpha value is 1.12. The molecule has 0 heterocycles. The lowest BCUT2D eigenvalue weighted by atomic mass is 10.2. The van der Waals surface area contributed by atoms with Crippen LogP contribution in [-0.2, 0) is 0 Å². The SMILES string of the molecule is FC(F)(Cl)[C@](F)(Cl)[C@@](F)(Br)C(F)(F)Br. The van der Waals surface area contributed by atoms with Crippen LogP contribution in [-0.4, -0.2) is 19.9 Å². The molecule has 0 unspecified atom stereocenters. The molecule has 0 amide bonds. The molecule has 0 aromatic heterocycles. The van der Waals surface area contributed by atoms with Gasteiger partial charge >= 0.3 is 15.3 Å². The van der Waals surface area contributed by atoms with Gasteiger partial charge in [-0.2, -0.15) is 17.6 Å². The second kappa shape index (κ2) is 3.85. The van der Waals surface area contributed by atoms with Crippen LogP contribution in [0.25, 0.3) is 0 Å². The molecule has 0 aromatic rings. The number of halogens is 10. The van der Waals surface area contributed by atoms with Crippen molar-refractivity contribution in [3.05, 3.63) is 0 Å². The fraction of sp³-hybridized carbons (Fsp3) is 1.00. The molecule has 0 spiro atoms. The standard InChI is InChI=1S/C4Br2Cl2F6/c5-1(9,3(6,11)12)2(7,10)4(8,13)14/t1-,2-/m0/s1. The quantitative estimate of drug-likeness (QED) is 0.479. The van der Waals surface area contributed by atoms with Gasteiger partial charge in [0.05, 0.1) is 0 Å². The summed E-state index contributed by atoms with van der Waals surface area (Å²) in [4.78, 5) is -4.67. The van der Waals surface area contributed by atoms with Crippen molar-refractivity contribution in [2.75, 3.05) is 0 Å². The Morgan fingerprint density at radius 2 is 1.07 bits per heavy atom. The van der Waals surface area contributed by atoms with Crippen LogP contribution in [0.5, 0.6) is 0 Å². The molecule has 0 aliphatic carbocycles. The Balaban J connectivity index is 5.30. The number of alkyl halides is 10. The maximum atomic E-state index is 12.9. The van der Waals surface area contributed by atoms with E-state index in [1.54, 1.807) is 0 Å². The molecule has 0 aliphatic rings. The van der Waals surface area contributed by atoms with E-state index in [4.69, 9.17) is 0 Å². The molecule has 14 heavy (non-hydrogen) atoms. The lowest BCUT2D eigenvalue weighted by molar-refractivity contribution is -0.126. The molecule has 0 N–H and O–H groups in total. The first-order chi connectivity index (χ1) is 5.75. The fourth-order valence-corrected chi connectivity index (χ4v) is 1.36. The molecule has 0 saturated carbocycles. The van der Waals surface area contributed by atoms with Gasteiger partial charge < -0.3 is 0 Å². The van der Waals surface area contributed by atoms with Gasteiger partial charge in [-0.25, -0.2) is 8.78 Å². The third-order valence-electron chi connectivity index (χ3n) is 1.11. The Morgan fingerprint density at radius 3 is 1.14 bits per heavy atom. The van der Waals surface area contributed by atoms with E-state index in [-0.39, 0.29) is 0 Å². The first-order valence-electron chi connectivity index (χ1n) is 2.64. The molecule has 0 rings (SSSR count). The van der Waals surface area contributed by atoms with E-state index in [2.05, 4.69) is 23.2 Å². The highest BCUT2D eigenvalue weighted by molar-refractivity contribution is 9.12. The van der Waals surface area contributed by atoms with Crippen LogP contribution in [0.3, 0.4) is 0 Å². The molecule has 0 radical (unpaired) electrons. The van der Waals surface area contributed by atoms with Crippen LogP contribution in [0.1, 0.15) is 0 Å². The Kier molecular flexibility index (Phi) is 4.16. The van der Waals surface area contributed by atoms with Crippen molar-refractivity contribution >= 4 is 55.1 Å². The van der Waals surface area contributed by atoms with Crippen LogP contribution >= 0.6 is 55.1 Å². The largest absolute Gasteiger partial charge is 0.373 e. The molecular weight excluding hydrogens is 393 g/mol. The smallest absolute Gasteiger partial charge is 0.218 e. The third-order valence-corrected chi connectivity index (χ3v) is 4.31. The minimum atomic E-state index is -5.02. The van der Waals surface area contributed by atoms with E-state index >= 15 is 0 Å². The zero-order valence-electron chi connectivity index (χ0n) is 5.78. The molecule has 0 saturated heterocycles. The van der Waals surface area contributed by atoms with Gasteiger partial charge in [0.2, 0.25) is 0 Å². The minimum absolute atomic E-state index is 1.36. The molecule has 0 aliphatic heterocycles. The van der Waals surface area contributed by atoms with E-state index in [9.17, 15) is 26.3 Å². The maximum absolute atomic E-state index is 12.9. The summed E-state index contributed by atoms with van der Waals surface area (Å²) < 4.78 is 70.1. The van der Waals surface area contributed by atoms with Gasteiger partial charge in [0, 0.05) is 0 Å². The van der Waals surface area contributed by atoms with Crippen molar-refractivity contribution in [2.45, 2.75) is 19.9 Å². The second-order valence-electron chi connectivity index (χ2n) is 2.14. The normalized spacial score (nSPS) is 22.7.